The minimum absolute atomic E-state index is 0.0243. The molecule has 4 heterocycles. The molecule has 1 fully saturated rings. The molecule has 0 spiro atoms. The third-order valence-corrected chi connectivity index (χ3v) is 9.51. The van der Waals surface area contributed by atoms with Crippen molar-refractivity contribution in [3.63, 3.8) is 0 Å². The quantitative estimate of drug-likeness (QED) is 0.258. The number of aryl methyl sites for hydroxylation is 1. The van der Waals surface area contributed by atoms with E-state index in [4.69, 9.17) is 0 Å². The topological polar surface area (TPSA) is 103 Å². The maximum absolute atomic E-state index is 14.2. The number of sulfonamides is 1. The van der Waals surface area contributed by atoms with Crippen LogP contribution in [-0.4, -0.2) is 56.1 Å². The number of Topliss-reactive ketones (excluding diaryl/α,β-unsaturated/α-hetero) is 1. The number of benzene rings is 1. The molecule has 14 heteroatoms. The highest BCUT2D eigenvalue weighted by atomic mass is 32.2. The summed E-state index contributed by atoms with van der Waals surface area (Å²) in [5.74, 6) is -1.15. The number of carbonyl (C=O) groups is 1. The summed E-state index contributed by atoms with van der Waals surface area (Å²) in [6.07, 6.45) is 0.922. The third kappa shape index (κ3) is 4.47. The van der Waals surface area contributed by atoms with E-state index in [1.807, 2.05) is 0 Å². The van der Waals surface area contributed by atoms with Crippen LogP contribution in [0.4, 0.5) is 17.6 Å². The second kappa shape index (κ2) is 9.45. The number of nitrogens with zero attached hydrogens (tertiary/aromatic N) is 6. The average Bonchev–Trinajstić information content (AvgIpc) is 3.57. The molecule has 0 saturated carbocycles. The molecule has 0 bridgehead atoms. The molecule has 0 amide bonds. The minimum atomic E-state index is -4.70. The van der Waals surface area contributed by atoms with Gasteiger partial charge in [0.2, 0.25) is 0 Å². The second-order valence-corrected chi connectivity index (χ2v) is 11.9. The van der Waals surface area contributed by atoms with Gasteiger partial charge in [-0.25, -0.2) is 17.5 Å². The molecule has 1 saturated heterocycles. The van der Waals surface area contributed by atoms with Crippen molar-refractivity contribution in [2.45, 2.75) is 24.0 Å². The number of carbonyl (C=O) groups excluding carboxylic acids is 1. The van der Waals surface area contributed by atoms with Crippen LogP contribution in [0, 0.1) is 11.2 Å². The van der Waals surface area contributed by atoms with Gasteiger partial charge in [-0.3, -0.25) is 14.5 Å². The summed E-state index contributed by atoms with van der Waals surface area (Å²) in [7, 11) is -2.63. The van der Waals surface area contributed by atoms with E-state index in [2.05, 4.69) is 15.2 Å². The molecule has 0 radical (unpaired) electrons. The van der Waals surface area contributed by atoms with E-state index in [9.17, 15) is 30.8 Å². The third-order valence-electron chi connectivity index (χ3n) is 7.59. The van der Waals surface area contributed by atoms with Crippen LogP contribution in [0.25, 0.3) is 11.8 Å². The van der Waals surface area contributed by atoms with E-state index < -0.39 is 44.5 Å². The van der Waals surface area contributed by atoms with Crippen molar-refractivity contribution in [3.05, 3.63) is 95.0 Å². The molecular formula is C27H22F4N6O3S. The van der Waals surface area contributed by atoms with Crippen LogP contribution in [0.15, 0.2) is 71.7 Å². The highest BCUT2D eigenvalue weighted by Gasteiger charge is 2.52. The van der Waals surface area contributed by atoms with Crippen LogP contribution in [0.5, 0.6) is 0 Å². The number of hydrogen-bond donors (Lipinski definition) is 0. The van der Waals surface area contributed by atoms with E-state index in [0.717, 1.165) is 12.3 Å². The molecule has 4 aromatic rings. The molecule has 212 valence electrons. The fourth-order valence-corrected chi connectivity index (χ4v) is 7.13. The molecule has 9 nitrogen and oxygen atoms in total. The van der Waals surface area contributed by atoms with Gasteiger partial charge in [0.25, 0.3) is 10.0 Å². The number of ketones is 1. The van der Waals surface area contributed by atoms with Crippen molar-refractivity contribution < 1.29 is 30.8 Å². The predicted octanol–water partition coefficient (Wildman–Crippen LogP) is 4.06. The number of pyridine rings is 1. The van der Waals surface area contributed by atoms with Gasteiger partial charge in [-0.2, -0.15) is 27.7 Å². The minimum Gasteiger partial charge on any atom is -0.291 e. The molecule has 1 aromatic carbocycles. The van der Waals surface area contributed by atoms with Crippen molar-refractivity contribution in [1.29, 1.82) is 0 Å². The lowest BCUT2D eigenvalue weighted by atomic mass is 9.65. The van der Waals surface area contributed by atoms with Gasteiger partial charge in [-0.1, -0.05) is 5.57 Å². The Balaban J connectivity index is 1.48. The number of aromatic nitrogens is 5. The Morgan fingerprint density at radius 1 is 1.05 bits per heavy atom. The Morgan fingerprint density at radius 2 is 1.80 bits per heavy atom. The first-order valence-corrected chi connectivity index (χ1v) is 13.9. The molecule has 2 aliphatic rings. The first kappa shape index (κ1) is 27.0. The highest BCUT2D eigenvalue weighted by molar-refractivity contribution is 7.89. The maximum atomic E-state index is 14.2. The van der Waals surface area contributed by atoms with Gasteiger partial charge in [0.15, 0.2) is 10.8 Å². The van der Waals surface area contributed by atoms with Gasteiger partial charge in [-0.15, -0.1) is 0 Å². The molecule has 1 atom stereocenters. The number of piperidine rings is 1. The fraction of sp³-hybridized carbons (Fsp3) is 0.259. The maximum Gasteiger partial charge on any atom is 0.416 e. The first-order chi connectivity index (χ1) is 19.4. The average molecular weight is 587 g/mol. The first-order valence-electron chi connectivity index (χ1n) is 12.5. The number of fused-ring (bicyclic) bond motifs is 2. The van der Waals surface area contributed by atoms with Crippen LogP contribution in [-0.2, 0) is 29.7 Å². The molecule has 1 aliphatic heterocycles. The van der Waals surface area contributed by atoms with E-state index in [0.29, 0.717) is 28.6 Å². The fourth-order valence-electron chi connectivity index (χ4n) is 5.53. The number of halogens is 4. The zero-order valence-electron chi connectivity index (χ0n) is 21.5. The Kier molecular flexibility index (Phi) is 6.23. The summed E-state index contributed by atoms with van der Waals surface area (Å²) in [5.41, 5.74) is -0.666. The molecule has 41 heavy (non-hydrogen) atoms. The van der Waals surface area contributed by atoms with Crippen molar-refractivity contribution in [3.8, 4) is 5.69 Å². The van der Waals surface area contributed by atoms with Crippen LogP contribution < -0.4 is 0 Å². The summed E-state index contributed by atoms with van der Waals surface area (Å²) < 4.78 is 85.3. The molecule has 6 rings (SSSR count). The smallest absolute Gasteiger partial charge is 0.291 e. The van der Waals surface area contributed by atoms with Crippen LogP contribution in [0.2, 0.25) is 0 Å². The largest absolute Gasteiger partial charge is 0.416 e. The molecule has 1 unspecified atom stereocenters. The Bertz CT molecular complexity index is 1810. The van der Waals surface area contributed by atoms with Gasteiger partial charge in [0.05, 0.1) is 34.8 Å². The van der Waals surface area contributed by atoms with E-state index in [1.165, 1.54) is 46.6 Å². The molecule has 3 aromatic heterocycles. The summed E-state index contributed by atoms with van der Waals surface area (Å²) in [4.78, 5) is 18.2. The number of hydrogen-bond acceptors (Lipinski definition) is 6. The SMILES string of the molecule is Cn1nccc1S(=O)(=O)N1CCC2=Cc3c(cnn3-c3ccc(F)cc3)CC2(C(=O)c2cc(C(F)(F)F)ccn2)C1. The Hall–Kier alpha value is -4.17. The lowest BCUT2D eigenvalue weighted by Gasteiger charge is -2.44. The van der Waals surface area contributed by atoms with Crippen LogP contribution in [0.1, 0.15) is 33.7 Å². The van der Waals surface area contributed by atoms with Gasteiger partial charge >= 0.3 is 6.18 Å². The van der Waals surface area contributed by atoms with Gasteiger partial charge in [-0.05, 0) is 66.9 Å². The van der Waals surface area contributed by atoms with Crippen LogP contribution >= 0.6 is 0 Å². The van der Waals surface area contributed by atoms with Crippen LogP contribution in [0.3, 0.4) is 0 Å². The number of rotatable bonds is 5. The van der Waals surface area contributed by atoms with Gasteiger partial charge in [0, 0.05) is 26.3 Å². The lowest BCUT2D eigenvalue weighted by Crippen LogP contribution is -2.53. The van der Waals surface area contributed by atoms with Crippen molar-refractivity contribution in [2.24, 2.45) is 12.5 Å². The highest BCUT2D eigenvalue weighted by Crippen LogP contribution is 2.47. The monoisotopic (exact) mass is 586 g/mol. The summed E-state index contributed by atoms with van der Waals surface area (Å²) in [6.45, 7) is -0.283. The second-order valence-electron chi connectivity index (χ2n) is 10.0. The summed E-state index contributed by atoms with van der Waals surface area (Å²) in [5, 5.41) is 8.28. The Morgan fingerprint density at radius 3 is 2.49 bits per heavy atom. The van der Waals surface area contributed by atoms with Gasteiger partial charge < -0.3 is 0 Å². The zero-order valence-corrected chi connectivity index (χ0v) is 22.3. The van der Waals surface area contributed by atoms with Crippen molar-refractivity contribution in [1.82, 2.24) is 28.9 Å². The van der Waals surface area contributed by atoms with E-state index in [1.54, 1.807) is 22.9 Å². The van der Waals surface area contributed by atoms with E-state index in [-0.39, 0.29) is 31.0 Å². The van der Waals surface area contributed by atoms with Crippen molar-refractivity contribution in [2.75, 3.05) is 13.1 Å². The number of alkyl halides is 3. The summed E-state index contributed by atoms with van der Waals surface area (Å²) in [6, 6.07) is 8.48. The predicted molar refractivity (Wildman–Crippen MR) is 138 cm³/mol. The summed E-state index contributed by atoms with van der Waals surface area (Å²) >= 11 is 0. The standard InChI is InChI=1S/C27H22F4N6O3S/c1-35-24(7-10-33-35)41(39,40)36-11-8-18-13-23-17(15-34-37(23)21-4-2-20(28)3-5-21)14-26(18,16-36)25(38)22-12-19(6-9-32-22)27(29,30)31/h2-7,9-10,12-13,15H,8,11,14,16H2,1H3. The van der Waals surface area contributed by atoms with Crippen molar-refractivity contribution >= 4 is 21.9 Å². The van der Waals surface area contributed by atoms with Gasteiger partial charge in [0.1, 0.15) is 11.5 Å². The normalized spacial score (nSPS) is 19.4. The molecule has 0 N–H and O–H groups in total. The zero-order chi connectivity index (χ0) is 29.2. The molecular weight excluding hydrogens is 564 g/mol. The Labute approximate surface area is 231 Å². The van der Waals surface area contributed by atoms with E-state index >= 15 is 0 Å². The molecule has 1 aliphatic carbocycles. The lowest BCUT2D eigenvalue weighted by molar-refractivity contribution is -0.137.